The van der Waals surface area contributed by atoms with Crippen LogP contribution in [-0.4, -0.2) is 14.3 Å². The molecule has 3 rings (SSSR count). The van der Waals surface area contributed by atoms with Crippen LogP contribution in [0.3, 0.4) is 0 Å². The average molecular weight is 333 g/mol. The molecule has 5 nitrogen and oxygen atoms in total. The van der Waals surface area contributed by atoms with Crippen molar-refractivity contribution in [3.05, 3.63) is 23.8 Å². The summed E-state index contributed by atoms with van der Waals surface area (Å²) in [6, 6.07) is 2.96. The van der Waals surface area contributed by atoms with Crippen molar-refractivity contribution in [1.82, 2.24) is 0 Å². The molecule has 1 aliphatic heterocycles. The third-order valence-corrected chi connectivity index (χ3v) is 5.32. The Hall–Kier alpha value is -1.61. The van der Waals surface area contributed by atoms with Gasteiger partial charge in [0.2, 0.25) is 0 Å². The van der Waals surface area contributed by atoms with E-state index in [2.05, 4.69) is 4.40 Å². The van der Waals surface area contributed by atoms with E-state index in [0.29, 0.717) is 12.8 Å². The van der Waals surface area contributed by atoms with Crippen LogP contribution in [0.5, 0.6) is 0 Å². The Morgan fingerprint density at radius 2 is 1.86 bits per heavy atom. The fourth-order valence-corrected chi connectivity index (χ4v) is 4.28. The highest BCUT2D eigenvalue weighted by Gasteiger charge is 2.42. The van der Waals surface area contributed by atoms with Gasteiger partial charge in [-0.15, -0.1) is 4.40 Å². The van der Waals surface area contributed by atoms with Crippen molar-refractivity contribution >= 4 is 21.5 Å². The summed E-state index contributed by atoms with van der Waals surface area (Å²) < 4.78 is 67.7. The lowest BCUT2D eigenvalue weighted by Crippen LogP contribution is -2.45. The first-order chi connectivity index (χ1) is 10.2. The Balaban J connectivity index is 2.21. The number of anilines is 1. The number of para-hydroxylation sites is 1. The first kappa shape index (κ1) is 15.3. The van der Waals surface area contributed by atoms with Gasteiger partial charge in [0.1, 0.15) is 10.7 Å². The highest BCUT2D eigenvalue weighted by Crippen LogP contribution is 2.43. The van der Waals surface area contributed by atoms with Crippen LogP contribution in [0.1, 0.15) is 31.2 Å². The van der Waals surface area contributed by atoms with E-state index in [9.17, 15) is 21.6 Å². The average Bonchev–Trinajstić information content (AvgIpc) is 2.95. The van der Waals surface area contributed by atoms with Gasteiger partial charge in [0, 0.05) is 5.92 Å². The molecule has 0 aromatic heterocycles. The van der Waals surface area contributed by atoms with E-state index in [1.54, 1.807) is 0 Å². The van der Waals surface area contributed by atoms with Crippen LogP contribution < -0.4 is 10.9 Å². The molecule has 1 aromatic rings. The summed E-state index contributed by atoms with van der Waals surface area (Å²) in [5.74, 6) is 5.60. The number of sulfonamides is 1. The fraction of sp³-hybridized carbons (Fsp3) is 0.462. The number of hydrazine groups is 1. The highest BCUT2D eigenvalue weighted by atomic mass is 32.2. The zero-order valence-corrected chi connectivity index (χ0v) is 12.3. The number of nitrogens with two attached hydrogens (primary N) is 1. The van der Waals surface area contributed by atoms with Crippen LogP contribution in [0, 0.1) is 5.92 Å². The van der Waals surface area contributed by atoms with E-state index < -0.39 is 32.3 Å². The Kier molecular flexibility index (Phi) is 3.44. The fourth-order valence-electron chi connectivity index (χ4n) is 2.99. The van der Waals surface area contributed by atoms with Crippen molar-refractivity contribution in [1.29, 1.82) is 0 Å². The number of hydrogen-bond acceptors (Lipinski definition) is 4. The van der Waals surface area contributed by atoms with Gasteiger partial charge in [-0.3, -0.25) is 5.01 Å². The molecule has 2 aliphatic rings. The molecule has 1 heterocycles. The summed E-state index contributed by atoms with van der Waals surface area (Å²) in [4.78, 5) is -0.508. The molecular formula is C13H14F3N3O2S. The zero-order chi connectivity index (χ0) is 16.1. The predicted octanol–water partition coefficient (Wildman–Crippen LogP) is 2.68. The van der Waals surface area contributed by atoms with Gasteiger partial charge in [0.25, 0.3) is 10.0 Å². The van der Waals surface area contributed by atoms with Gasteiger partial charge in [-0.05, 0) is 25.0 Å². The van der Waals surface area contributed by atoms with Crippen LogP contribution in [0.4, 0.5) is 18.9 Å². The second-order valence-electron chi connectivity index (χ2n) is 5.43. The predicted molar refractivity (Wildman–Crippen MR) is 74.7 cm³/mol. The molecule has 2 N–H and O–H groups in total. The lowest BCUT2D eigenvalue weighted by Gasteiger charge is -2.31. The summed E-state index contributed by atoms with van der Waals surface area (Å²) >= 11 is 0. The van der Waals surface area contributed by atoms with E-state index in [1.165, 1.54) is 0 Å². The van der Waals surface area contributed by atoms with Gasteiger partial charge in [-0.1, -0.05) is 18.9 Å². The van der Waals surface area contributed by atoms with Gasteiger partial charge < -0.3 is 0 Å². The first-order valence-electron chi connectivity index (χ1n) is 6.82. The molecule has 1 fully saturated rings. The lowest BCUT2D eigenvalue weighted by atomic mass is 10.1. The maximum Gasteiger partial charge on any atom is 0.418 e. The normalized spacial score (nSPS) is 21.6. The second-order valence-corrected chi connectivity index (χ2v) is 7.00. The highest BCUT2D eigenvalue weighted by molar-refractivity contribution is 7.90. The minimum absolute atomic E-state index is 0.00157. The molecule has 0 saturated heterocycles. The molecule has 1 aliphatic carbocycles. The zero-order valence-electron chi connectivity index (χ0n) is 11.5. The quantitative estimate of drug-likeness (QED) is 0.802. The molecule has 1 saturated carbocycles. The third-order valence-electron chi connectivity index (χ3n) is 4.00. The van der Waals surface area contributed by atoms with E-state index in [1.807, 2.05) is 0 Å². The van der Waals surface area contributed by atoms with Crippen LogP contribution >= 0.6 is 0 Å². The Morgan fingerprint density at radius 3 is 2.45 bits per heavy atom. The number of halogens is 3. The monoisotopic (exact) mass is 333 g/mol. The largest absolute Gasteiger partial charge is 0.418 e. The summed E-state index contributed by atoms with van der Waals surface area (Å²) in [7, 11) is -4.18. The molecule has 0 unspecified atom stereocenters. The number of alkyl halides is 3. The molecular weight excluding hydrogens is 319 g/mol. The SMILES string of the molecule is NN1C(C2CCCC2)=NS(=O)(=O)c2cccc(C(F)(F)F)c21. The Bertz CT molecular complexity index is 737. The molecule has 0 amide bonds. The molecule has 0 radical (unpaired) electrons. The Labute approximate surface area is 125 Å². The van der Waals surface area contributed by atoms with Crippen molar-refractivity contribution in [2.24, 2.45) is 16.2 Å². The van der Waals surface area contributed by atoms with Gasteiger partial charge in [-0.2, -0.15) is 21.6 Å². The third kappa shape index (κ3) is 2.38. The van der Waals surface area contributed by atoms with Crippen LogP contribution in [0.2, 0.25) is 0 Å². The lowest BCUT2D eigenvalue weighted by molar-refractivity contribution is -0.137. The van der Waals surface area contributed by atoms with Crippen molar-refractivity contribution in [2.45, 2.75) is 36.8 Å². The van der Waals surface area contributed by atoms with Crippen LogP contribution in [-0.2, 0) is 16.2 Å². The molecule has 0 atom stereocenters. The van der Waals surface area contributed by atoms with E-state index in [-0.39, 0.29) is 11.8 Å². The molecule has 120 valence electrons. The Morgan fingerprint density at radius 1 is 1.23 bits per heavy atom. The minimum atomic E-state index is -4.70. The topological polar surface area (TPSA) is 75.8 Å². The van der Waals surface area contributed by atoms with Crippen molar-refractivity contribution in [3.8, 4) is 0 Å². The number of amidine groups is 1. The summed E-state index contributed by atoms with van der Waals surface area (Å²) in [6.45, 7) is 0. The van der Waals surface area contributed by atoms with Crippen molar-refractivity contribution in [3.63, 3.8) is 0 Å². The van der Waals surface area contributed by atoms with Crippen LogP contribution in [0.15, 0.2) is 27.5 Å². The van der Waals surface area contributed by atoms with Crippen LogP contribution in [0.25, 0.3) is 0 Å². The van der Waals surface area contributed by atoms with Crippen molar-refractivity contribution < 1.29 is 21.6 Å². The molecule has 0 spiro atoms. The second kappa shape index (κ2) is 4.95. The van der Waals surface area contributed by atoms with Gasteiger partial charge in [0.15, 0.2) is 0 Å². The standard InChI is InChI=1S/C13H14F3N3O2S/c14-13(15,16)9-6-3-7-10-11(9)19(17)12(18-22(10,20)21)8-4-1-2-5-8/h3,6-8H,1-2,4-5,17H2. The maximum absolute atomic E-state index is 13.2. The summed E-state index contributed by atoms with van der Waals surface area (Å²) in [5.41, 5.74) is -1.60. The van der Waals surface area contributed by atoms with Gasteiger partial charge in [-0.25, -0.2) is 5.84 Å². The van der Waals surface area contributed by atoms with Gasteiger partial charge in [0.05, 0.1) is 11.3 Å². The molecule has 22 heavy (non-hydrogen) atoms. The minimum Gasteiger partial charge on any atom is -0.263 e. The summed E-state index contributed by atoms with van der Waals surface area (Å²) in [5, 5.41) is 0.801. The van der Waals surface area contributed by atoms with E-state index in [4.69, 9.17) is 5.84 Å². The maximum atomic E-state index is 13.2. The number of hydrogen-bond donors (Lipinski definition) is 1. The molecule has 0 bridgehead atoms. The van der Waals surface area contributed by atoms with E-state index >= 15 is 0 Å². The number of fused-ring (bicyclic) bond motifs is 1. The molecule has 1 aromatic carbocycles. The first-order valence-corrected chi connectivity index (χ1v) is 8.26. The smallest absolute Gasteiger partial charge is 0.263 e. The molecule has 9 heteroatoms. The number of benzene rings is 1. The van der Waals surface area contributed by atoms with Gasteiger partial charge >= 0.3 is 6.18 Å². The van der Waals surface area contributed by atoms with E-state index in [0.717, 1.165) is 36.0 Å². The number of nitrogens with zero attached hydrogens (tertiary/aromatic N) is 2. The number of rotatable bonds is 1. The van der Waals surface area contributed by atoms with Crippen molar-refractivity contribution in [2.75, 3.05) is 5.01 Å². The summed E-state index contributed by atoms with van der Waals surface area (Å²) in [6.07, 6.45) is -1.59.